The van der Waals surface area contributed by atoms with Crippen LogP contribution in [-0.2, 0) is 23.6 Å². The third-order valence-corrected chi connectivity index (χ3v) is 4.08. The van der Waals surface area contributed by atoms with Crippen LogP contribution in [0.1, 0.15) is 11.3 Å². The Morgan fingerprint density at radius 2 is 2.28 bits per heavy atom. The van der Waals surface area contributed by atoms with Gasteiger partial charge < -0.3 is 10.3 Å². The lowest BCUT2D eigenvalue weighted by Crippen LogP contribution is -2.26. The first-order valence-corrected chi connectivity index (χ1v) is 6.65. The van der Waals surface area contributed by atoms with Crippen molar-refractivity contribution >= 4 is 15.8 Å². The van der Waals surface area contributed by atoms with Gasteiger partial charge in [-0.25, -0.2) is 18.1 Å². The summed E-state index contributed by atoms with van der Waals surface area (Å²) in [7, 11) is -2.12. The van der Waals surface area contributed by atoms with Crippen molar-refractivity contribution in [2.75, 3.05) is 5.73 Å². The van der Waals surface area contributed by atoms with Gasteiger partial charge in [-0.2, -0.15) is 5.10 Å². The molecule has 0 atom stereocenters. The largest absolute Gasteiger partial charge is 0.381 e. The molecule has 0 bridgehead atoms. The molecule has 0 aromatic carbocycles. The topological polar surface area (TPSA) is 119 Å². The fraction of sp³-hybridized carbons (Fsp3) is 0.333. The molecule has 18 heavy (non-hydrogen) atoms. The molecule has 4 N–H and O–H groups in total. The van der Waals surface area contributed by atoms with Crippen LogP contribution in [0, 0.1) is 6.92 Å². The van der Waals surface area contributed by atoms with Gasteiger partial charge >= 0.3 is 0 Å². The van der Waals surface area contributed by atoms with Crippen molar-refractivity contribution in [3.8, 4) is 0 Å². The monoisotopic (exact) mass is 270 g/mol. The van der Waals surface area contributed by atoms with E-state index in [4.69, 9.17) is 5.73 Å². The molecule has 0 aliphatic rings. The van der Waals surface area contributed by atoms with E-state index in [1.165, 1.54) is 10.9 Å². The van der Waals surface area contributed by atoms with E-state index in [9.17, 15) is 8.42 Å². The number of hydrogen-bond acceptors (Lipinski definition) is 5. The Morgan fingerprint density at radius 3 is 2.78 bits per heavy atom. The lowest BCUT2D eigenvalue weighted by Gasteiger charge is -2.07. The summed E-state index contributed by atoms with van der Waals surface area (Å²) in [6.45, 7) is 1.96. The minimum absolute atomic E-state index is 0.0195. The Kier molecular flexibility index (Phi) is 3.09. The normalized spacial score (nSPS) is 11.9. The van der Waals surface area contributed by atoms with Gasteiger partial charge in [0.2, 0.25) is 0 Å². The minimum Gasteiger partial charge on any atom is -0.381 e. The second-order valence-corrected chi connectivity index (χ2v) is 5.57. The number of hydrogen-bond donors (Lipinski definition) is 3. The van der Waals surface area contributed by atoms with Crippen LogP contribution in [0.2, 0.25) is 0 Å². The maximum Gasteiger partial charge on any atom is 0.260 e. The van der Waals surface area contributed by atoms with Crippen LogP contribution in [0.25, 0.3) is 0 Å². The molecular weight excluding hydrogens is 256 g/mol. The zero-order chi connectivity index (χ0) is 13.3. The van der Waals surface area contributed by atoms with E-state index in [1.54, 1.807) is 13.2 Å². The lowest BCUT2D eigenvalue weighted by molar-refractivity contribution is 0.571. The molecule has 0 aliphatic carbocycles. The van der Waals surface area contributed by atoms with E-state index in [0.29, 0.717) is 0 Å². The number of rotatable bonds is 4. The number of sulfonamides is 1. The predicted molar refractivity (Wildman–Crippen MR) is 65.0 cm³/mol. The number of nitrogens with one attached hydrogen (secondary N) is 2. The molecular formula is C9H14N6O2S. The van der Waals surface area contributed by atoms with Gasteiger partial charge in [-0.3, -0.25) is 5.10 Å². The number of anilines is 1. The molecule has 0 saturated carbocycles. The van der Waals surface area contributed by atoms with Crippen LogP contribution >= 0.6 is 0 Å². The maximum atomic E-state index is 12.1. The van der Waals surface area contributed by atoms with E-state index >= 15 is 0 Å². The molecule has 0 unspecified atom stereocenters. The summed E-state index contributed by atoms with van der Waals surface area (Å²) in [6.07, 6.45) is 2.93. The van der Waals surface area contributed by atoms with Crippen LogP contribution in [0.5, 0.6) is 0 Å². The van der Waals surface area contributed by atoms with Gasteiger partial charge in [0.05, 0.1) is 12.5 Å². The van der Waals surface area contributed by atoms with Gasteiger partial charge in [0, 0.05) is 24.8 Å². The van der Waals surface area contributed by atoms with E-state index in [1.807, 2.05) is 6.92 Å². The summed E-state index contributed by atoms with van der Waals surface area (Å²) in [5.74, 6) is -0.0195. The Balaban J connectivity index is 2.21. The van der Waals surface area contributed by atoms with Crippen LogP contribution in [0.15, 0.2) is 17.6 Å². The van der Waals surface area contributed by atoms with Crippen molar-refractivity contribution in [3.63, 3.8) is 0 Å². The molecule has 8 nitrogen and oxygen atoms in total. The third-order valence-electron chi connectivity index (χ3n) is 2.55. The standard InChI is InChI=1S/C9H14N6O2S/c1-6-7(3-12-14-6)4-13-18(16,17)9-8(10)11-5-15(9)2/h3,5,13H,4,10H2,1-2H3,(H,12,14). The number of aromatic amines is 1. The third kappa shape index (κ3) is 2.22. The molecule has 0 amide bonds. The SMILES string of the molecule is Cc1[nH]ncc1CNS(=O)(=O)c1c(N)ncn1C. The average Bonchev–Trinajstić information content (AvgIpc) is 2.83. The highest BCUT2D eigenvalue weighted by Crippen LogP contribution is 2.15. The molecule has 0 fully saturated rings. The van der Waals surface area contributed by atoms with Gasteiger partial charge in [0.25, 0.3) is 10.0 Å². The highest BCUT2D eigenvalue weighted by Gasteiger charge is 2.22. The molecule has 2 heterocycles. The highest BCUT2D eigenvalue weighted by atomic mass is 32.2. The first-order valence-electron chi connectivity index (χ1n) is 5.17. The molecule has 9 heteroatoms. The Bertz CT molecular complexity index is 637. The van der Waals surface area contributed by atoms with Crippen molar-refractivity contribution in [1.29, 1.82) is 0 Å². The van der Waals surface area contributed by atoms with Gasteiger partial charge in [0.15, 0.2) is 10.8 Å². The Labute approximate surface area is 104 Å². The van der Waals surface area contributed by atoms with Crippen molar-refractivity contribution in [2.45, 2.75) is 18.5 Å². The molecule has 0 aliphatic heterocycles. The number of aromatic nitrogens is 4. The Morgan fingerprint density at radius 1 is 1.56 bits per heavy atom. The van der Waals surface area contributed by atoms with Gasteiger partial charge in [0.1, 0.15) is 0 Å². The number of imidazole rings is 1. The molecule has 0 spiro atoms. The van der Waals surface area contributed by atoms with Crippen LogP contribution in [0.4, 0.5) is 5.82 Å². The van der Waals surface area contributed by atoms with Crippen LogP contribution < -0.4 is 10.5 Å². The molecule has 2 rings (SSSR count). The quantitative estimate of drug-likeness (QED) is 0.693. The number of H-pyrrole nitrogens is 1. The number of aryl methyl sites for hydroxylation is 2. The predicted octanol–water partition coefficient (Wildman–Crippen LogP) is -0.488. The number of nitrogen functional groups attached to an aromatic ring is 1. The molecule has 2 aromatic rings. The first kappa shape index (κ1) is 12.6. The van der Waals surface area contributed by atoms with E-state index in [0.717, 1.165) is 11.3 Å². The molecule has 0 radical (unpaired) electrons. The van der Waals surface area contributed by atoms with Crippen molar-refractivity contribution in [1.82, 2.24) is 24.5 Å². The summed E-state index contributed by atoms with van der Waals surface area (Å²) in [5, 5.41) is 6.52. The summed E-state index contributed by atoms with van der Waals surface area (Å²) in [5.41, 5.74) is 7.13. The van der Waals surface area contributed by atoms with Crippen LogP contribution in [0.3, 0.4) is 0 Å². The summed E-state index contributed by atoms with van der Waals surface area (Å²) < 4.78 is 27.9. The highest BCUT2D eigenvalue weighted by molar-refractivity contribution is 7.89. The smallest absolute Gasteiger partial charge is 0.260 e. The van der Waals surface area contributed by atoms with E-state index in [2.05, 4.69) is 19.9 Å². The van der Waals surface area contributed by atoms with Crippen molar-refractivity contribution < 1.29 is 8.42 Å². The first-order chi connectivity index (χ1) is 8.42. The maximum absolute atomic E-state index is 12.1. The van der Waals surface area contributed by atoms with Crippen molar-refractivity contribution in [2.24, 2.45) is 7.05 Å². The average molecular weight is 270 g/mol. The summed E-state index contributed by atoms with van der Waals surface area (Å²) in [4.78, 5) is 3.75. The minimum atomic E-state index is -3.69. The van der Waals surface area contributed by atoms with Gasteiger partial charge in [-0.05, 0) is 6.92 Å². The van der Waals surface area contributed by atoms with Gasteiger partial charge in [-0.1, -0.05) is 0 Å². The zero-order valence-corrected chi connectivity index (χ0v) is 10.8. The zero-order valence-electron chi connectivity index (χ0n) is 10.0. The second kappa shape index (κ2) is 4.42. The van der Waals surface area contributed by atoms with Crippen molar-refractivity contribution in [3.05, 3.63) is 23.8 Å². The van der Waals surface area contributed by atoms with Gasteiger partial charge in [-0.15, -0.1) is 0 Å². The summed E-state index contributed by atoms with van der Waals surface area (Å²) in [6, 6.07) is 0. The molecule has 98 valence electrons. The number of nitrogens with zero attached hydrogens (tertiary/aromatic N) is 3. The Hall–Kier alpha value is -1.87. The lowest BCUT2D eigenvalue weighted by atomic mass is 10.3. The summed E-state index contributed by atoms with van der Waals surface area (Å²) >= 11 is 0. The van der Waals surface area contributed by atoms with Crippen LogP contribution in [-0.4, -0.2) is 28.2 Å². The van der Waals surface area contributed by atoms with E-state index in [-0.39, 0.29) is 17.4 Å². The second-order valence-electron chi connectivity index (χ2n) is 3.89. The number of nitrogens with two attached hydrogens (primary N) is 1. The molecule has 0 saturated heterocycles. The molecule has 2 aromatic heterocycles. The fourth-order valence-electron chi connectivity index (χ4n) is 1.56. The van der Waals surface area contributed by atoms with E-state index < -0.39 is 10.0 Å². The fourth-order valence-corrected chi connectivity index (χ4v) is 2.80.